The van der Waals surface area contributed by atoms with Crippen LogP contribution in [0.2, 0.25) is 10.0 Å². The summed E-state index contributed by atoms with van der Waals surface area (Å²) in [4.78, 5) is 59.4. The van der Waals surface area contributed by atoms with Crippen molar-refractivity contribution in [3.05, 3.63) is 63.4 Å². The number of phenols is 1. The van der Waals surface area contributed by atoms with Crippen LogP contribution in [-0.2, 0) is 19.2 Å². The van der Waals surface area contributed by atoms with Crippen LogP contribution in [0.1, 0.15) is 63.4 Å². The summed E-state index contributed by atoms with van der Waals surface area (Å²) >= 11 is 12.5. The van der Waals surface area contributed by atoms with Gasteiger partial charge in [-0.3, -0.25) is 24.1 Å². The van der Waals surface area contributed by atoms with Gasteiger partial charge < -0.3 is 9.84 Å². The van der Waals surface area contributed by atoms with Crippen LogP contribution in [0.15, 0.2) is 42.0 Å². The van der Waals surface area contributed by atoms with E-state index >= 15 is 0 Å². The first kappa shape index (κ1) is 30.2. The molecule has 236 valence electrons. The number of allylic oxidation sites excluding steroid dienone is 2. The number of fused-ring (bicyclic) bond motifs is 4. The Bertz CT molecular complexity index is 1690. The van der Waals surface area contributed by atoms with Gasteiger partial charge in [0.15, 0.2) is 11.5 Å². The van der Waals surface area contributed by atoms with Gasteiger partial charge in [-0.15, -0.1) is 0 Å². The molecule has 0 spiro atoms. The monoisotopic (exact) mass is 654 g/mol. The minimum Gasteiger partial charge on any atom is -0.503 e. The van der Waals surface area contributed by atoms with Crippen molar-refractivity contribution in [3.63, 3.8) is 0 Å². The predicted octanol–water partition coefficient (Wildman–Crippen LogP) is 6.41. The molecule has 2 aromatic carbocycles. The number of benzene rings is 2. The summed E-state index contributed by atoms with van der Waals surface area (Å²) in [6.45, 7) is 1.74. The molecule has 3 aliphatic carbocycles. The summed E-state index contributed by atoms with van der Waals surface area (Å²) < 4.78 is 19.5. The lowest BCUT2D eigenvalue weighted by Gasteiger charge is -2.49. The molecule has 4 amide bonds. The number of hydrogen-bond donors (Lipinski definition) is 1. The predicted molar refractivity (Wildman–Crippen MR) is 164 cm³/mol. The topological polar surface area (TPSA) is 104 Å². The number of hydrogen-bond acceptors (Lipinski definition) is 6. The van der Waals surface area contributed by atoms with Crippen molar-refractivity contribution in [1.82, 2.24) is 4.90 Å². The summed E-state index contributed by atoms with van der Waals surface area (Å²) in [5.74, 6) is -5.43. The highest BCUT2D eigenvalue weighted by atomic mass is 35.5. The first-order valence-electron chi connectivity index (χ1n) is 15.5. The molecule has 2 aromatic rings. The molecule has 0 bridgehead atoms. The fourth-order valence-electron chi connectivity index (χ4n) is 8.91. The van der Waals surface area contributed by atoms with Crippen molar-refractivity contribution < 1.29 is 33.4 Å². The Morgan fingerprint density at radius 1 is 0.956 bits per heavy atom. The zero-order valence-electron chi connectivity index (χ0n) is 24.9. The zero-order valence-corrected chi connectivity index (χ0v) is 26.4. The highest BCUT2D eigenvalue weighted by molar-refractivity contribution is 6.32. The van der Waals surface area contributed by atoms with Gasteiger partial charge in [0.05, 0.1) is 46.0 Å². The number of halogens is 3. The molecule has 2 heterocycles. The Kier molecular flexibility index (Phi) is 7.28. The smallest absolute Gasteiger partial charge is 0.241 e. The van der Waals surface area contributed by atoms with E-state index in [0.717, 1.165) is 48.6 Å². The highest BCUT2D eigenvalue weighted by Gasteiger charge is 2.68. The van der Waals surface area contributed by atoms with Crippen LogP contribution in [0.4, 0.5) is 10.1 Å². The fourth-order valence-corrected chi connectivity index (χ4v) is 9.30. The molecule has 6 atom stereocenters. The van der Waals surface area contributed by atoms with E-state index in [2.05, 4.69) is 0 Å². The molecule has 0 aromatic heterocycles. The molecular formula is C34H33Cl2FN2O6. The molecule has 5 aliphatic rings. The second-order valence-corrected chi connectivity index (χ2v) is 14.0. The van der Waals surface area contributed by atoms with Gasteiger partial charge in [0.1, 0.15) is 5.82 Å². The number of carbonyl (C=O) groups excluding carboxylic acids is 4. The van der Waals surface area contributed by atoms with Crippen molar-refractivity contribution in [2.45, 2.75) is 63.8 Å². The van der Waals surface area contributed by atoms with E-state index in [-0.39, 0.29) is 51.5 Å². The van der Waals surface area contributed by atoms with Crippen LogP contribution in [-0.4, -0.2) is 46.8 Å². The maximum Gasteiger partial charge on any atom is 0.241 e. The van der Waals surface area contributed by atoms with Crippen LogP contribution in [0.5, 0.6) is 11.5 Å². The molecule has 2 saturated heterocycles. The normalized spacial score (nSPS) is 31.6. The van der Waals surface area contributed by atoms with Crippen molar-refractivity contribution in [3.8, 4) is 11.5 Å². The van der Waals surface area contributed by atoms with E-state index < -0.39 is 52.6 Å². The van der Waals surface area contributed by atoms with Crippen molar-refractivity contribution in [2.24, 2.45) is 29.1 Å². The van der Waals surface area contributed by atoms with Crippen LogP contribution >= 0.6 is 23.2 Å². The van der Waals surface area contributed by atoms with Crippen LogP contribution in [0.25, 0.3) is 0 Å². The number of carbonyl (C=O) groups is 4. The van der Waals surface area contributed by atoms with Gasteiger partial charge in [-0.05, 0) is 74.4 Å². The molecule has 8 nitrogen and oxygen atoms in total. The van der Waals surface area contributed by atoms with E-state index in [1.165, 1.54) is 24.1 Å². The molecule has 7 rings (SSSR count). The number of aromatic hydroxyl groups is 1. The Labute approximate surface area is 270 Å². The standard InChI is InChI=1S/C34H33Cl2FN2O6/c1-34-22(31(42)39(33(34)44)18-8-11-25(37)23(35)14-18)15-21-19(28(34)16-12-24(36)29(40)26(13-16)45-2)9-10-20-27(21)32(43)38(30(20)41)17-6-4-3-5-7-17/h8-9,11-14,17,20-22,27-28,40H,3-7,10,15H2,1-2H3. The number of rotatable bonds is 4. The minimum atomic E-state index is -1.34. The van der Waals surface area contributed by atoms with Gasteiger partial charge in [0.2, 0.25) is 23.6 Å². The Morgan fingerprint density at radius 2 is 1.69 bits per heavy atom. The second kappa shape index (κ2) is 10.8. The molecule has 4 fully saturated rings. The molecule has 2 saturated carbocycles. The van der Waals surface area contributed by atoms with Gasteiger partial charge in [-0.25, -0.2) is 9.29 Å². The third-order valence-electron chi connectivity index (χ3n) is 11.0. The van der Waals surface area contributed by atoms with E-state index in [4.69, 9.17) is 27.9 Å². The Hall–Kier alpha value is -3.43. The van der Waals surface area contributed by atoms with Crippen LogP contribution in [0, 0.1) is 34.9 Å². The summed E-state index contributed by atoms with van der Waals surface area (Å²) in [6, 6.07) is 6.76. The molecule has 2 aliphatic heterocycles. The van der Waals surface area contributed by atoms with Crippen molar-refractivity contribution in [1.29, 1.82) is 0 Å². The van der Waals surface area contributed by atoms with Gasteiger partial charge in [-0.2, -0.15) is 0 Å². The molecule has 1 N–H and O–H groups in total. The minimum absolute atomic E-state index is 0.00967. The molecule has 11 heteroatoms. The second-order valence-electron chi connectivity index (χ2n) is 13.2. The number of imide groups is 2. The van der Waals surface area contributed by atoms with Crippen LogP contribution in [0.3, 0.4) is 0 Å². The lowest BCUT2D eigenvalue weighted by molar-refractivity contribution is -0.144. The van der Waals surface area contributed by atoms with Crippen molar-refractivity contribution in [2.75, 3.05) is 12.0 Å². The average molecular weight is 656 g/mol. The van der Waals surface area contributed by atoms with Gasteiger partial charge >= 0.3 is 0 Å². The van der Waals surface area contributed by atoms with E-state index in [1.54, 1.807) is 19.1 Å². The summed E-state index contributed by atoms with van der Waals surface area (Å²) in [7, 11) is 1.39. The number of methoxy groups -OCH3 is 1. The lowest BCUT2D eigenvalue weighted by Crippen LogP contribution is -2.49. The highest BCUT2D eigenvalue weighted by Crippen LogP contribution is 2.64. The third-order valence-corrected chi connectivity index (χ3v) is 11.6. The first-order valence-corrected chi connectivity index (χ1v) is 16.2. The third kappa shape index (κ3) is 4.29. The number of nitrogens with zero attached hydrogens (tertiary/aromatic N) is 2. The quantitative estimate of drug-likeness (QED) is 0.302. The first-order chi connectivity index (χ1) is 21.5. The number of anilines is 1. The van der Waals surface area contributed by atoms with E-state index in [9.17, 15) is 28.7 Å². The lowest BCUT2D eigenvalue weighted by atomic mass is 9.51. The summed E-state index contributed by atoms with van der Waals surface area (Å²) in [6.07, 6.45) is 7.10. The largest absolute Gasteiger partial charge is 0.503 e. The average Bonchev–Trinajstić information content (AvgIpc) is 3.39. The van der Waals surface area contributed by atoms with E-state index in [0.29, 0.717) is 12.0 Å². The van der Waals surface area contributed by atoms with Crippen LogP contribution < -0.4 is 9.64 Å². The number of amides is 4. The molecule has 6 unspecified atom stereocenters. The maximum atomic E-state index is 14.5. The molecule has 0 radical (unpaired) electrons. The number of ether oxygens (including phenoxy) is 1. The Morgan fingerprint density at radius 3 is 2.38 bits per heavy atom. The van der Waals surface area contributed by atoms with Gasteiger partial charge in [0, 0.05) is 12.0 Å². The SMILES string of the molecule is COc1cc(C2C3=CCC4C(=O)N(C5CCCCC5)C(=O)C4C3CC3C(=O)N(c4ccc(F)c(Cl)c4)C(=O)C32C)cc(Cl)c1O. The van der Waals surface area contributed by atoms with E-state index in [1.807, 2.05) is 6.08 Å². The fraction of sp³-hybridized carbons (Fsp3) is 0.471. The van der Waals surface area contributed by atoms with Crippen molar-refractivity contribution >= 4 is 52.5 Å². The number of phenolic OH excluding ortho intramolecular Hbond substituents is 1. The maximum absolute atomic E-state index is 14.5. The molecule has 45 heavy (non-hydrogen) atoms. The summed E-state index contributed by atoms with van der Waals surface area (Å²) in [5.41, 5.74) is 0.147. The Balaban J connectivity index is 1.37. The molecular weight excluding hydrogens is 622 g/mol. The van der Waals surface area contributed by atoms with Gasteiger partial charge in [0.25, 0.3) is 0 Å². The van der Waals surface area contributed by atoms with Gasteiger partial charge in [-0.1, -0.05) is 54.1 Å². The number of likely N-dealkylation sites (tertiary alicyclic amines) is 1. The summed E-state index contributed by atoms with van der Waals surface area (Å²) in [5, 5.41) is 10.3. The zero-order chi connectivity index (χ0) is 31.9.